The monoisotopic (exact) mass is 360 g/mol. The van der Waals surface area contributed by atoms with E-state index in [0.717, 1.165) is 0 Å². The van der Waals surface area contributed by atoms with Crippen LogP contribution in [0.5, 0.6) is 0 Å². The fourth-order valence-corrected chi connectivity index (χ4v) is 2.84. The molecule has 0 aliphatic carbocycles. The van der Waals surface area contributed by atoms with Crippen molar-refractivity contribution < 1.29 is 40.0 Å². The third-order valence-electron chi connectivity index (χ3n) is 2.85. The average Bonchev–Trinajstić information content (AvgIpc) is 2.57. The summed E-state index contributed by atoms with van der Waals surface area (Å²) in [5.41, 5.74) is -1.47. The molecule has 0 fully saturated rings. The molecule has 0 bridgehead atoms. The molecule has 130 valence electrons. The summed E-state index contributed by atoms with van der Waals surface area (Å²) in [7, 11) is 0.536. The number of amides is 2. The largest absolute Gasteiger partial charge is 0.520 e. The van der Waals surface area contributed by atoms with Gasteiger partial charge in [-0.05, 0) is 0 Å². The molecule has 0 atom stereocenters. The molecule has 0 saturated heterocycles. The molecule has 0 aromatic heterocycles. The van der Waals surface area contributed by atoms with Crippen LogP contribution < -0.4 is 10.6 Å². The van der Waals surface area contributed by atoms with E-state index < -0.39 is 49.6 Å². The van der Waals surface area contributed by atoms with E-state index in [4.69, 9.17) is 13.3 Å². The molecule has 1 aromatic rings. The summed E-state index contributed by atoms with van der Waals surface area (Å²) in [5.74, 6) is -11.0. The zero-order valence-electron chi connectivity index (χ0n) is 12.2. The third kappa shape index (κ3) is 3.96. The molecule has 0 spiro atoms. The van der Waals surface area contributed by atoms with E-state index in [2.05, 4.69) is 5.32 Å². The Kier molecular flexibility index (Phi) is 6.43. The summed E-state index contributed by atoms with van der Waals surface area (Å²) in [5, 5.41) is 3.64. The number of carbonyl (C=O) groups is 1. The SMILES string of the molecule is CO[Si](CNC(=O)Nc1c(F)c(F)c(F)c(F)c1F)(OC)OC. The first-order chi connectivity index (χ1) is 10.7. The van der Waals surface area contributed by atoms with Gasteiger partial charge in [-0.25, -0.2) is 26.7 Å². The normalized spacial score (nSPS) is 11.5. The smallest absolute Gasteiger partial charge is 0.376 e. The van der Waals surface area contributed by atoms with Crippen molar-refractivity contribution in [3.05, 3.63) is 29.1 Å². The number of nitrogens with one attached hydrogen (secondary N) is 2. The van der Waals surface area contributed by atoms with Crippen molar-refractivity contribution in [2.24, 2.45) is 0 Å². The van der Waals surface area contributed by atoms with E-state index in [9.17, 15) is 26.7 Å². The van der Waals surface area contributed by atoms with Gasteiger partial charge in [0.05, 0.1) is 6.17 Å². The number of benzene rings is 1. The van der Waals surface area contributed by atoms with Gasteiger partial charge >= 0.3 is 14.8 Å². The summed E-state index contributed by atoms with van der Waals surface area (Å²) in [6, 6.07) is -1.24. The zero-order valence-corrected chi connectivity index (χ0v) is 13.2. The lowest BCUT2D eigenvalue weighted by Gasteiger charge is -2.24. The summed E-state index contributed by atoms with van der Waals surface area (Å²) in [4.78, 5) is 11.6. The van der Waals surface area contributed by atoms with Gasteiger partial charge in [0.15, 0.2) is 23.3 Å². The van der Waals surface area contributed by atoms with Crippen molar-refractivity contribution in [1.82, 2.24) is 5.32 Å². The first kappa shape index (κ1) is 19.3. The highest BCUT2D eigenvalue weighted by Crippen LogP contribution is 2.26. The van der Waals surface area contributed by atoms with Crippen molar-refractivity contribution in [3.63, 3.8) is 0 Å². The van der Waals surface area contributed by atoms with Gasteiger partial charge in [-0.3, -0.25) is 0 Å². The van der Waals surface area contributed by atoms with Crippen molar-refractivity contribution >= 4 is 20.5 Å². The highest BCUT2D eigenvalue weighted by Gasteiger charge is 2.38. The molecule has 6 nitrogen and oxygen atoms in total. The standard InChI is InChI=1S/C11H13F5N2O4Si/c1-20-23(21-2,22-3)4-17-11(19)18-10-8(15)6(13)5(12)7(14)9(10)16/h4H2,1-3H3,(H2,17,18,19). The van der Waals surface area contributed by atoms with Gasteiger partial charge in [0, 0.05) is 21.3 Å². The first-order valence-corrected chi connectivity index (χ1v) is 7.88. The van der Waals surface area contributed by atoms with Gasteiger partial charge < -0.3 is 23.9 Å². The van der Waals surface area contributed by atoms with E-state index in [1.165, 1.54) is 21.3 Å². The number of halogens is 5. The number of hydrogen-bond donors (Lipinski definition) is 2. The van der Waals surface area contributed by atoms with Crippen LogP contribution in [0.1, 0.15) is 0 Å². The number of carbonyl (C=O) groups excluding carboxylic acids is 1. The second-order valence-corrected chi connectivity index (χ2v) is 6.99. The Morgan fingerprint density at radius 3 is 1.65 bits per heavy atom. The summed E-state index contributed by atoms with van der Waals surface area (Å²) in [6.45, 7) is 0. The molecule has 12 heteroatoms. The minimum atomic E-state index is -3.22. The van der Waals surface area contributed by atoms with E-state index in [0.29, 0.717) is 0 Å². The van der Waals surface area contributed by atoms with Gasteiger partial charge in [0.25, 0.3) is 0 Å². The average molecular weight is 360 g/mol. The van der Waals surface area contributed by atoms with Gasteiger partial charge in [-0.1, -0.05) is 0 Å². The quantitative estimate of drug-likeness (QED) is 0.352. The Hall–Kier alpha value is -1.76. The molecular formula is C11H13F5N2O4Si. The topological polar surface area (TPSA) is 68.8 Å². The van der Waals surface area contributed by atoms with Crippen molar-refractivity contribution in [3.8, 4) is 0 Å². The van der Waals surface area contributed by atoms with Crippen molar-refractivity contribution in [2.75, 3.05) is 32.8 Å². The minimum Gasteiger partial charge on any atom is -0.376 e. The van der Waals surface area contributed by atoms with Crippen LogP contribution in [0.25, 0.3) is 0 Å². The molecule has 0 radical (unpaired) electrons. The van der Waals surface area contributed by atoms with Gasteiger partial charge in [0.2, 0.25) is 5.82 Å². The van der Waals surface area contributed by atoms with Crippen LogP contribution in [0, 0.1) is 29.1 Å². The summed E-state index contributed by atoms with van der Waals surface area (Å²) < 4.78 is 80.6. The number of hydrogen-bond acceptors (Lipinski definition) is 4. The second kappa shape index (κ2) is 7.67. The fraction of sp³-hybridized carbons (Fsp3) is 0.364. The molecular weight excluding hydrogens is 347 g/mol. The van der Waals surface area contributed by atoms with Crippen LogP contribution in [0.4, 0.5) is 32.4 Å². The maximum atomic E-state index is 13.4. The highest BCUT2D eigenvalue weighted by molar-refractivity contribution is 6.61. The van der Waals surface area contributed by atoms with Gasteiger partial charge in [0.1, 0.15) is 5.69 Å². The Labute approximate surface area is 128 Å². The second-order valence-electron chi connectivity index (χ2n) is 4.05. The zero-order chi connectivity index (χ0) is 17.8. The van der Waals surface area contributed by atoms with E-state index >= 15 is 0 Å². The highest BCUT2D eigenvalue weighted by atomic mass is 28.4. The number of urea groups is 1. The van der Waals surface area contributed by atoms with E-state index in [-0.39, 0.29) is 6.17 Å². The molecule has 0 saturated carbocycles. The maximum absolute atomic E-state index is 13.4. The molecule has 1 aromatic carbocycles. The fourth-order valence-electron chi connectivity index (χ4n) is 1.53. The summed E-state index contributed by atoms with van der Waals surface area (Å²) >= 11 is 0. The molecule has 1 rings (SSSR count). The van der Waals surface area contributed by atoms with Crippen molar-refractivity contribution in [1.29, 1.82) is 0 Å². The molecule has 0 aliphatic heterocycles. The molecule has 0 heterocycles. The lowest BCUT2D eigenvalue weighted by molar-refractivity contribution is 0.122. The lowest BCUT2D eigenvalue weighted by Crippen LogP contribution is -2.54. The van der Waals surface area contributed by atoms with Crippen LogP contribution in [0.2, 0.25) is 0 Å². The van der Waals surface area contributed by atoms with Crippen LogP contribution in [0.15, 0.2) is 0 Å². The Bertz CT molecular complexity index is 563. The van der Waals surface area contributed by atoms with Gasteiger partial charge in [-0.15, -0.1) is 0 Å². The summed E-state index contributed by atoms with van der Waals surface area (Å²) in [6.07, 6.45) is -0.308. The predicted octanol–water partition coefficient (Wildman–Crippen LogP) is 1.92. The van der Waals surface area contributed by atoms with Crippen LogP contribution >= 0.6 is 0 Å². The number of anilines is 1. The Balaban J connectivity index is 2.91. The molecule has 2 N–H and O–H groups in total. The maximum Gasteiger partial charge on any atom is 0.520 e. The Morgan fingerprint density at radius 2 is 1.26 bits per heavy atom. The Morgan fingerprint density at radius 1 is 0.870 bits per heavy atom. The van der Waals surface area contributed by atoms with Gasteiger partial charge in [-0.2, -0.15) is 0 Å². The lowest BCUT2D eigenvalue weighted by atomic mass is 10.2. The first-order valence-electron chi connectivity index (χ1n) is 5.94. The van der Waals surface area contributed by atoms with Crippen molar-refractivity contribution in [2.45, 2.75) is 0 Å². The predicted molar refractivity (Wildman–Crippen MR) is 70.0 cm³/mol. The minimum absolute atomic E-state index is 0.308. The van der Waals surface area contributed by atoms with Crippen LogP contribution in [-0.2, 0) is 13.3 Å². The molecule has 23 heavy (non-hydrogen) atoms. The number of rotatable bonds is 6. The molecule has 0 aliphatic rings. The third-order valence-corrected chi connectivity index (χ3v) is 5.32. The van der Waals surface area contributed by atoms with Crippen LogP contribution in [-0.4, -0.2) is 42.3 Å². The van der Waals surface area contributed by atoms with Crippen LogP contribution in [0.3, 0.4) is 0 Å². The van der Waals surface area contributed by atoms with E-state index in [1.54, 1.807) is 5.32 Å². The van der Waals surface area contributed by atoms with E-state index in [1.807, 2.05) is 0 Å². The molecule has 2 amide bonds. The molecule has 0 unspecified atom stereocenters.